The highest BCUT2D eigenvalue weighted by Crippen LogP contribution is 2.38. The van der Waals surface area contributed by atoms with Crippen molar-refractivity contribution in [1.82, 2.24) is 4.90 Å². The van der Waals surface area contributed by atoms with Gasteiger partial charge in [-0.05, 0) is 25.3 Å². The Kier molecular flexibility index (Phi) is 4.60. The Morgan fingerprint density at radius 1 is 1.33 bits per heavy atom. The predicted octanol–water partition coefficient (Wildman–Crippen LogP) is 3.05. The van der Waals surface area contributed by atoms with E-state index in [1.54, 1.807) is 0 Å². The molecule has 1 aliphatic carbocycles. The zero-order valence-corrected chi connectivity index (χ0v) is 10.4. The number of nitrogens with zero attached hydrogens (tertiary/aromatic N) is 2. The Labute approximate surface area is 94.3 Å². The quantitative estimate of drug-likeness (QED) is 0.694. The maximum absolute atomic E-state index is 9.32. The average molecular weight is 208 g/mol. The van der Waals surface area contributed by atoms with Gasteiger partial charge in [0.1, 0.15) is 0 Å². The van der Waals surface area contributed by atoms with Crippen LogP contribution >= 0.6 is 0 Å². The molecule has 0 heterocycles. The molecule has 1 saturated carbocycles. The molecule has 0 spiro atoms. The van der Waals surface area contributed by atoms with Crippen LogP contribution in [-0.2, 0) is 0 Å². The van der Waals surface area contributed by atoms with Crippen molar-refractivity contribution in [2.45, 2.75) is 46.5 Å². The molecule has 0 aromatic carbocycles. The van der Waals surface area contributed by atoms with Crippen LogP contribution in [0.1, 0.15) is 46.5 Å². The first-order valence-corrected chi connectivity index (χ1v) is 6.25. The lowest BCUT2D eigenvalue weighted by molar-refractivity contribution is 0.184. The van der Waals surface area contributed by atoms with Crippen LogP contribution in [0.15, 0.2) is 0 Å². The Bertz CT molecular complexity index is 221. The third kappa shape index (κ3) is 3.50. The highest BCUT2D eigenvalue weighted by Gasteiger charge is 2.35. The van der Waals surface area contributed by atoms with Crippen molar-refractivity contribution in [1.29, 1.82) is 5.26 Å². The third-order valence-electron chi connectivity index (χ3n) is 3.39. The van der Waals surface area contributed by atoms with E-state index in [1.807, 2.05) is 0 Å². The van der Waals surface area contributed by atoms with Gasteiger partial charge in [-0.25, -0.2) is 0 Å². The van der Waals surface area contributed by atoms with Crippen LogP contribution in [0.3, 0.4) is 0 Å². The summed E-state index contributed by atoms with van der Waals surface area (Å²) in [6.07, 6.45) is 4.70. The summed E-state index contributed by atoms with van der Waals surface area (Å²) in [4.78, 5) is 2.44. The van der Waals surface area contributed by atoms with Gasteiger partial charge in [0.15, 0.2) is 0 Å². The van der Waals surface area contributed by atoms with E-state index in [0.717, 1.165) is 32.5 Å². The highest BCUT2D eigenvalue weighted by atomic mass is 15.1. The normalized spacial score (nSPS) is 19.7. The van der Waals surface area contributed by atoms with E-state index in [4.69, 9.17) is 0 Å². The molecular weight excluding hydrogens is 184 g/mol. The fraction of sp³-hybridized carbons (Fsp3) is 0.923. The van der Waals surface area contributed by atoms with Gasteiger partial charge >= 0.3 is 0 Å². The topological polar surface area (TPSA) is 27.0 Å². The maximum Gasteiger partial charge on any atom is 0.0703 e. The van der Waals surface area contributed by atoms with Crippen molar-refractivity contribution in [3.63, 3.8) is 0 Å². The molecule has 0 atom stereocenters. The fourth-order valence-electron chi connectivity index (χ4n) is 2.61. The van der Waals surface area contributed by atoms with E-state index >= 15 is 0 Å². The van der Waals surface area contributed by atoms with E-state index in [-0.39, 0.29) is 5.41 Å². The van der Waals surface area contributed by atoms with Gasteiger partial charge in [-0.15, -0.1) is 0 Å². The number of hydrogen-bond acceptors (Lipinski definition) is 2. The second-order valence-corrected chi connectivity index (χ2v) is 5.32. The lowest BCUT2D eigenvalue weighted by atomic mass is 9.87. The van der Waals surface area contributed by atoms with Gasteiger partial charge in [0.25, 0.3) is 0 Å². The van der Waals surface area contributed by atoms with Crippen LogP contribution < -0.4 is 0 Å². The zero-order chi connectivity index (χ0) is 11.3. The van der Waals surface area contributed by atoms with Crippen LogP contribution in [0.5, 0.6) is 0 Å². The Morgan fingerprint density at radius 2 is 1.93 bits per heavy atom. The molecule has 0 bridgehead atoms. The van der Waals surface area contributed by atoms with Crippen molar-refractivity contribution in [2.75, 3.05) is 19.6 Å². The van der Waals surface area contributed by atoms with Crippen molar-refractivity contribution in [2.24, 2.45) is 11.3 Å². The standard InChI is InChI=1S/C13H24N2/c1-4-15(9-12(2)3)11-13(10-14)7-5-6-8-13/h12H,4-9,11H2,1-3H3. The molecule has 0 aromatic rings. The molecule has 1 aliphatic rings. The van der Waals surface area contributed by atoms with Crippen LogP contribution in [0.4, 0.5) is 0 Å². The second-order valence-electron chi connectivity index (χ2n) is 5.32. The summed E-state index contributed by atoms with van der Waals surface area (Å²) in [5.74, 6) is 0.696. The fourth-order valence-corrected chi connectivity index (χ4v) is 2.61. The van der Waals surface area contributed by atoms with Gasteiger partial charge in [-0.2, -0.15) is 5.26 Å². The lowest BCUT2D eigenvalue weighted by Gasteiger charge is -2.30. The predicted molar refractivity (Wildman–Crippen MR) is 63.5 cm³/mol. The monoisotopic (exact) mass is 208 g/mol. The van der Waals surface area contributed by atoms with Crippen LogP contribution in [-0.4, -0.2) is 24.5 Å². The van der Waals surface area contributed by atoms with E-state index in [9.17, 15) is 5.26 Å². The van der Waals surface area contributed by atoms with Crippen LogP contribution in [0, 0.1) is 22.7 Å². The first-order chi connectivity index (χ1) is 7.12. The van der Waals surface area contributed by atoms with E-state index in [1.165, 1.54) is 12.8 Å². The molecule has 0 unspecified atom stereocenters. The largest absolute Gasteiger partial charge is 0.302 e. The molecule has 86 valence electrons. The Hall–Kier alpha value is -0.550. The molecule has 0 saturated heterocycles. The second kappa shape index (κ2) is 5.51. The van der Waals surface area contributed by atoms with E-state index < -0.39 is 0 Å². The molecule has 1 fully saturated rings. The summed E-state index contributed by atoms with van der Waals surface area (Å²) in [5.41, 5.74) is -0.0229. The number of nitriles is 1. The Balaban J connectivity index is 2.52. The molecule has 2 nitrogen and oxygen atoms in total. The third-order valence-corrected chi connectivity index (χ3v) is 3.39. The van der Waals surface area contributed by atoms with Gasteiger partial charge in [0.05, 0.1) is 11.5 Å². The summed E-state index contributed by atoms with van der Waals surface area (Å²) in [7, 11) is 0. The summed E-state index contributed by atoms with van der Waals surface area (Å²) >= 11 is 0. The number of hydrogen-bond donors (Lipinski definition) is 0. The summed E-state index contributed by atoms with van der Waals surface area (Å²) in [6, 6.07) is 2.57. The van der Waals surface area contributed by atoms with Crippen molar-refractivity contribution in [3.05, 3.63) is 0 Å². The SMILES string of the molecule is CCN(CC(C)C)CC1(C#N)CCCC1. The Morgan fingerprint density at radius 3 is 2.33 bits per heavy atom. The summed E-state index contributed by atoms with van der Waals surface area (Å²) in [6.45, 7) is 9.87. The van der Waals surface area contributed by atoms with Gasteiger partial charge in [0, 0.05) is 13.1 Å². The molecule has 0 aliphatic heterocycles. The first kappa shape index (κ1) is 12.5. The molecule has 15 heavy (non-hydrogen) atoms. The van der Waals surface area contributed by atoms with Gasteiger partial charge in [0.2, 0.25) is 0 Å². The van der Waals surface area contributed by atoms with Crippen LogP contribution in [0.2, 0.25) is 0 Å². The average Bonchev–Trinajstić information content (AvgIpc) is 2.65. The molecule has 0 N–H and O–H groups in total. The molecule has 1 rings (SSSR count). The number of rotatable bonds is 5. The van der Waals surface area contributed by atoms with E-state index in [0.29, 0.717) is 5.92 Å². The van der Waals surface area contributed by atoms with Crippen molar-refractivity contribution in [3.8, 4) is 6.07 Å². The van der Waals surface area contributed by atoms with E-state index in [2.05, 4.69) is 31.7 Å². The molecular formula is C13H24N2. The van der Waals surface area contributed by atoms with Crippen LogP contribution in [0.25, 0.3) is 0 Å². The maximum atomic E-state index is 9.32. The van der Waals surface area contributed by atoms with Crippen molar-refractivity contribution >= 4 is 0 Å². The van der Waals surface area contributed by atoms with Gasteiger partial charge < -0.3 is 4.90 Å². The minimum Gasteiger partial charge on any atom is -0.302 e. The molecule has 0 radical (unpaired) electrons. The zero-order valence-electron chi connectivity index (χ0n) is 10.4. The minimum absolute atomic E-state index is 0.0229. The summed E-state index contributed by atoms with van der Waals surface area (Å²) < 4.78 is 0. The van der Waals surface area contributed by atoms with Crippen molar-refractivity contribution < 1.29 is 0 Å². The summed E-state index contributed by atoms with van der Waals surface area (Å²) in [5, 5.41) is 9.32. The van der Waals surface area contributed by atoms with Gasteiger partial charge in [-0.1, -0.05) is 33.6 Å². The molecule has 2 heteroatoms. The lowest BCUT2D eigenvalue weighted by Crippen LogP contribution is -2.37. The minimum atomic E-state index is -0.0229. The smallest absolute Gasteiger partial charge is 0.0703 e. The van der Waals surface area contributed by atoms with Gasteiger partial charge in [-0.3, -0.25) is 0 Å². The first-order valence-electron chi connectivity index (χ1n) is 6.25. The molecule has 0 aromatic heterocycles. The molecule has 0 amide bonds. The highest BCUT2D eigenvalue weighted by molar-refractivity contribution is 5.03.